The molecule has 0 spiro atoms. The quantitative estimate of drug-likeness (QED) is 0.375. The van der Waals surface area contributed by atoms with Crippen molar-refractivity contribution in [3.8, 4) is 5.75 Å². The minimum absolute atomic E-state index is 0. The van der Waals surface area contributed by atoms with Gasteiger partial charge in [0.1, 0.15) is 5.75 Å². The number of hydrogen-bond acceptors (Lipinski definition) is 3. The highest BCUT2D eigenvalue weighted by molar-refractivity contribution is 14.0. The van der Waals surface area contributed by atoms with Crippen LogP contribution < -0.4 is 15.4 Å². The number of hydrogen-bond donors (Lipinski definition) is 2. The largest absolute Gasteiger partial charge is 0.497 e. The molecule has 0 aliphatic rings. The Balaban J connectivity index is 0.00000484. The molecule has 23 heavy (non-hydrogen) atoms. The molecule has 2 N–H and O–H groups in total. The Morgan fingerprint density at radius 3 is 2.52 bits per heavy atom. The molecule has 0 aliphatic heterocycles. The molecule has 0 bridgehead atoms. The van der Waals surface area contributed by atoms with Gasteiger partial charge in [-0.05, 0) is 37.7 Å². The molecule has 1 rings (SSSR count). The predicted octanol–water partition coefficient (Wildman–Crippen LogP) is 2.71. The van der Waals surface area contributed by atoms with Crippen LogP contribution in [0.25, 0.3) is 0 Å². The zero-order chi connectivity index (χ0) is 16.4. The molecule has 0 heterocycles. The molecule has 5 nitrogen and oxygen atoms in total. The molecule has 0 amide bonds. The van der Waals surface area contributed by atoms with E-state index < -0.39 is 0 Å². The van der Waals surface area contributed by atoms with Crippen LogP contribution in [0.3, 0.4) is 0 Å². The maximum atomic E-state index is 5.24. The predicted molar refractivity (Wildman–Crippen MR) is 109 cm³/mol. The molecule has 0 aromatic heterocycles. The highest BCUT2D eigenvalue weighted by Crippen LogP contribution is 2.11. The number of halogens is 1. The first kappa shape index (κ1) is 22.0. The van der Waals surface area contributed by atoms with E-state index in [-0.39, 0.29) is 24.0 Å². The summed E-state index contributed by atoms with van der Waals surface area (Å²) in [5, 5.41) is 6.72. The van der Waals surface area contributed by atoms with Gasteiger partial charge in [-0.3, -0.25) is 9.89 Å². The Hall–Kier alpha value is -1.02. The van der Waals surface area contributed by atoms with Crippen molar-refractivity contribution in [1.82, 2.24) is 15.5 Å². The number of rotatable bonds is 8. The monoisotopic (exact) mass is 434 g/mol. The van der Waals surface area contributed by atoms with Crippen LogP contribution in [0.5, 0.6) is 5.75 Å². The number of ether oxygens (including phenoxy) is 1. The second-order valence-electron chi connectivity index (χ2n) is 5.23. The smallest absolute Gasteiger partial charge is 0.191 e. The van der Waals surface area contributed by atoms with E-state index in [9.17, 15) is 0 Å². The third-order valence-electron chi connectivity index (χ3n) is 3.82. The molecular weight excluding hydrogens is 403 g/mol. The fourth-order valence-electron chi connectivity index (χ4n) is 2.41. The number of aliphatic imine (C=N–C) groups is 1. The molecule has 0 radical (unpaired) electrons. The summed E-state index contributed by atoms with van der Waals surface area (Å²) in [5.41, 5.74) is 1.17. The van der Waals surface area contributed by atoms with Gasteiger partial charge < -0.3 is 15.4 Å². The molecule has 0 saturated heterocycles. The summed E-state index contributed by atoms with van der Waals surface area (Å²) in [5.74, 6) is 1.69. The lowest BCUT2D eigenvalue weighted by Gasteiger charge is -2.27. The van der Waals surface area contributed by atoms with Crippen LogP contribution in [0.1, 0.15) is 26.3 Å². The first-order valence-corrected chi connectivity index (χ1v) is 7.96. The van der Waals surface area contributed by atoms with Gasteiger partial charge >= 0.3 is 0 Å². The van der Waals surface area contributed by atoms with Gasteiger partial charge in [0.05, 0.1) is 7.11 Å². The van der Waals surface area contributed by atoms with Gasteiger partial charge in [0.15, 0.2) is 5.96 Å². The molecular formula is C17H31IN4O. The van der Waals surface area contributed by atoms with E-state index in [1.165, 1.54) is 5.56 Å². The minimum Gasteiger partial charge on any atom is -0.497 e. The van der Waals surface area contributed by atoms with E-state index in [1.807, 2.05) is 18.2 Å². The van der Waals surface area contributed by atoms with Gasteiger partial charge in [-0.15, -0.1) is 24.0 Å². The highest BCUT2D eigenvalue weighted by Gasteiger charge is 2.10. The topological polar surface area (TPSA) is 48.9 Å². The van der Waals surface area contributed by atoms with Crippen LogP contribution in [-0.4, -0.2) is 50.7 Å². The standard InChI is InChI=1S/C17H30N4O.HI/c1-6-21(7-2)14(3)12-19-17(18-4)20-13-15-9-8-10-16(11-15)22-5;/h8-11,14H,6-7,12-13H2,1-5H3,(H2,18,19,20);1H. The van der Waals surface area contributed by atoms with E-state index in [1.54, 1.807) is 14.2 Å². The summed E-state index contributed by atoms with van der Waals surface area (Å²) in [7, 11) is 3.48. The van der Waals surface area contributed by atoms with Crippen molar-refractivity contribution in [2.75, 3.05) is 33.8 Å². The van der Waals surface area contributed by atoms with Crippen molar-refractivity contribution >= 4 is 29.9 Å². The second kappa shape index (κ2) is 12.4. The van der Waals surface area contributed by atoms with E-state index >= 15 is 0 Å². The normalized spacial score (nSPS) is 12.5. The number of methoxy groups -OCH3 is 1. The average molecular weight is 434 g/mol. The van der Waals surface area contributed by atoms with Gasteiger partial charge in [0.25, 0.3) is 0 Å². The van der Waals surface area contributed by atoms with Crippen molar-refractivity contribution in [1.29, 1.82) is 0 Å². The van der Waals surface area contributed by atoms with E-state index in [0.717, 1.165) is 37.9 Å². The third kappa shape index (κ3) is 7.87. The zero-order valence-electron chi connectivity index (χ0n) is 14.9. The number of likely N-dealkylation sites (N-methyl/N-ethyl adjacent to an activating group) is 1. The minimum atomic E-state index is 0. The van der Waals surface area contributed by atoms with Crippen LogP contribution in [-0.2, 0) is 6.54 Å². The number of nitrogens with one attached hydrogen (secondary N) is 2. The molecule has 1 aromatic rings. The maximum Gasteiger partial charge on any atom is 0.191 e. The van der Waals surface area contributed by atoms with Crippen molar-refractivity contribution in [2.45, 2.75) is 33.4 Å². The van der Waals surface area contributed by atoms with Crippen molar-refractivity contribution in [3.05, 3.63) is 29.8 Å². The summed E-state index contributed by atoms with van der Waals surface area (Å²) in [6.07, 6.45) is 0. The molecule has 0 saturated carbocycles. The summed E-state index contributed by atoms with van der Waals surface area (Å²) in [6, 6.07) is 8.52. The van der Waals surface area contributed by atoms with E-state index in [4.69, 9.17) is 4.74 Å². The van der Waals surface area contributed by atoms with Crippen LogP contribution in [0.4, 0.5) is 0 Å². The molecule has 6 heteroatoms. The van der Waals surface area contributed by atoms with Gasteiger partial charge in [-0.1, -0.05) is 26.0 Å². The lowest BCUT2D eigenvalue weighted by molar-refractivity contribution is 0.231. The van der Waals surface area contributed by atoms with Gasteiger partial charge in [0, 0.05) is 26.2 Å². The lowest BCUT2D eigenvalue weighted by Crippen LogP contribution is -2.45. The van der Waals surface area contributed by atoms with Crippen molar-refractivity contribution < 1.29 is 4.74 Å². The first-order valence-electron chi connectivity index (χ1n) is 7.96. The van der Waals surface area contributed by atoms with Crippen molar-refractivity contribution in [3.63, 3.8) is 0 Å². The van der Waals surface area contributed by atoms with Crippen LogP contribution in [0.15, 0.2) is 29.3 Å². The first-order chi connectivity index (χ1) is 10.6. The summed E-state index contributed by atoms with van der Waals surface area (Å²) in [6.45, 7) is 10.3. The molecule has 0 aliphatic carbocycles. The third-order valence-corrected chi connectivity index (χ3v) is 3.82. The molecule has 1 atom stereocenters. The summed E-state index contributed by atoms with van der Waals surface area (Å²) in [4.78, 5) is 6.69. The average Bonchev–Trinajstić information content (AvgIpc) is 2.56. The van der Waals surface area contributed by atoms with Crippen molar-refractivity contribution in [2.24, 2.45) is 4.99 Å². The highest BCUT2D eigenvalue weighted by atomic mass is 127. The van der Waals surface area contributed by atoms with Crippen LogP contribution in [0.2, 0.25) is 0 Å². The van der Waals surface area contributed by atoms with E-state index in [2.05, 4.69) is 47.4 Å². The Morgan fingerprint density at radius 2 is 1.96 bits per heavy atom. The van der Waals surface area contributed by atoms with E-state index in [0.29, 0.717) is 6.04 Å². The lowest BCUT2D eigenvalue weighted by atomic mass is 10.2. The Labute approximate surface area is 157 Å². The fourth-order valence-corrected chi connectivity index (χ4v) is 2.41. The fraction of sp³-hybridized carbons (Fsp3) is 0.588. The van der Waals surface area contributed by atoms with Crippen LogP contribution >= 0.6 is 24.0 Å². The Morgan fingerprint density at radius 1 is 1.26 bits per heavy atom. The molecule has 132 valence electrons. The number of nitrogens with zero attached hydrogens (tertiary/aromatic N) is 2. The van der Waals surface area contributed by atoms with Gasteiger partial charge in [-0.2, -0.15) is 0 Å². The zero-order valence-corrected chi connectivity index (χ0v) is 17.3. The maximum absolute atomic E-state index is 5.24. The number of guanidine groups is 1. The van der Waals surface area contributed by atoms with Crippen LogP contribution in [0, 0.1) is 0 Å². The van der Waals surface area contributed by atoms with Gasteiger partial charge in [0.2, 0.25) is 0 Å². The Bertz CT molecular complexity index is 464. The summed E-state index contributed by atoms with van der Waals surface area (Å²) >= 11 is 0. The molecule has 1 aromatic carbocycles. The second-order valence-corrected chi connectivity index (χ2v) is 5.23. The summed E-state index contributed by atoms with van der Waals surface area (Å²) < 4.78 is 5.24. The molecule has 0 fully saturated rings. The molecule has 1 unspecified atom stereocenters. The van der Waals surface area contributed by atoms with Gasteiger partial charge in [-0.25, -0.2) is 0 Å². The Kier molecular flexibility index (Phi) is 11.9. The number of benzene rings is 1. The SMILES string of the molecule is CCN(CC)C(C)CNC(=NC)NCc1cccc(OC)c1.I.